The summed E-state index contributed by atoms with van der Waals surface area (Å²) in [4.78, 5) is 0. The van der Waals surface area contributed by atoms with E-state index in [9.17, 15) is 0 Å². The molecule has 0 spiro atoms. The van der Waals surface area contributed by atoms with Gasteiger partial charge >= 0.3 is 0 Å². The molecule has 1 aromatic heterocycles. The van der Waals surface area contributed by atoms with Crippen LogP contribution in [0.15, 0.2) is 24.3 Å². The Balaban J connectivity index is 2.60. The number of hydrogen-bond acceptors (Lipinski definition) is 1. The number of benzene rings is 1. The summed E-state index contributed by atoms with van der Waals surface area (Å²) in [6, 6.07) is 8.85. The van der Waals surface area contributed by atoms with Crippen LogP contribution in [0.2, 0.25) is 0 Å². The molecule has 0 unspecified atom stereocenters. The molecule has 1 heterocycles. The van der Waals surface area contributed by atoms with Gasteiger partial charge in [-0.2, -0.15) is 0 Å². The molecule has 2 aromatic rings. The van der Waals surface area contributed by atoms with Crippen molar-refractivity contribution in [3.63, 3.8) is 0 Å². The molecular weight excluding hydrogens is 220 g/mol. The second-order valence-corrected chi connectivity index (χ2v) is 5.06. The topological polar surface area (TPSA) is 30.9 Å². The van der Waals surface area contributed by atoms with Gasteiger partial charge in [-0.3, -0.25) is 0 Å². The number of nitrogens with two attached hydrogens (primary N) is 1. The van der Waals surface area contributed by atoms with Crippen molar-refractivity contribution in [3.8, 4) is 5.69 Å². The Labute approximate surface area is 109 Å². The second-order valence-electron chi connectivity index (χ2n) is 5.06. The highest BCUT2D eigenvalue weighted by atomic mass is 15.0. The standard InChI is InChI=1S/C16H22N2/c1-11-5-6-12(2)16(9-11)18-13(3)10-15(7-8-17)14(18)4/h5-6,9-10H,7-8,17H2,1-4H3. The van der Waals surface area contributed by atoms with Crippen molar-refractivity contribution < 1.29 is 0 Å². The van der Waals surface area contributed by atoms with Gasteiger partial charge in [0.2, 0.25) is 0 Å². The Morgan fingerprint density at radius 2 is 1.78 bits per heavy atom. The number of aromatic nitrogens is 1. The first-order chi connectivity index (χ1) is 8.54. The van der Waals surface area contributed by atoms with E-state index in [1.807, 2.05) is 0 Å². The Morgan fingerprint density at radius 3 is 2.44 bits per heavy atom. The highest BCUT2D eigenvalue weighted by Crippen LogP contribution is 2.24. The molecule has 0 fully saturated rings. The normalized spacial score (nSPS) is 10.9. The smallest absolute Gasteiger partial charge is 0.0486 e. The maximum atomic E-state index is 5.67. The molecule has 96 valence electrons. The Morgan fingerprint density at radius 1 is 1.06 bits per heavy atom. The summed E-state index contributed by atoms with van der Waals surface area (Å²) in [6.07, 6.45) is 0.949. The summed E-state index contributed by atoms with van der Waals surface area (Å²) in [5, 5.41) is 0. The molecule has 0 aliphatic heterocycles. The van der Waals surface area contributed by atoms with Gasteiger partial charge in [0.1, 0.15) is 0 Å². The lowest BCUT2D eigenvalue weighted by atomic mass is 10.1. The van der Waals surface area contributed by atoms with E-state index in [1.54, 1.807) is 0 Å². The maximum Gasteiger partial charge on any atom is 0.0486 e. The quantitative estimate of drug-likeness (QED) is 0.880. The fourth-order valence-electron chi connectivity index (χ4n) is 2.57. The predicted octanol–water partition coefficient (Wildman–Crippen LogP) is 3.21. The Hall–Kier alpha value is -1.54. The van der Waals surface area contributed by atoms with E-state index in [0.717, 1.165) is 6.42 Å². The first-order valence-corrected chi connectivity index (χ1v) is 6.50. The van der Waals surface area contributed by atoms with E-state index in [1.165, 1.54) is 33.8 Å². The third-order valence-electron chi connectivity index (χ3n) is 3.56. The lowest BCUT2D eigenvalue weighted by Gasteiger charge is -2.14. The average Bonchev–Trinajstić information content (AvgIpc) is 2.59. The summed E-state index contributed by atoms with van der Waals surface area (Å²) >= 11 is 0. The molecule has 0 aliphatic carbocycles. The predicted molar refractivity (Wildman–Crippen MR) is 77.5 cm³/mol. The fraction of sp³-hybridized carbons (Fsp3) is 0.375. The van der Waals surface area contributed by atoms with E-state index in [0.29, 0.717) is 6.54 Å². The number of hydrogen-bond donors (Lipinski definition) is 1. The van der Waals surface area contributed by atoms with Gasteiger partial charge in [0.05, 0.1) is 0 Å². The minimum atomic E-state index is 0.705. The zero-order valence-corrected chi connectivity index (χ0v) is 11.7. The van der Waals surface area contributed by atoms with Crippen molar-refractivity contribution >= 4 is 0 Å². The van der Waals surface area contributed by atoms with Crippen LogP contribution in [0.1, 0.15) is 28.1 Å². The van der Waals surface area contributed by atoms with Gasteiger partial charge in [-0.25, -0.2) is 0 Å². The van der Waals surface area contributed by atoms with Gasteiger partial charge in [-0.15, -0.1) is 0 Å². The first-order valence-electron chi connectivity index (χ1n) is 6.50. The van der Waals surface area contributed by atoms with E-state index < -0.39 is 0 Å². The van der Waals surface area contributed by atoms with Crippen molar-refractivity contribution in [2.24, 2.45) is 5.73 Å². The van der Waals surface area contributed by atoms with Crippen LogP contribution in [-0.2, 0) is 6.42 Å². The summed E-state index contributed by atoms with van der Waals surface area (Å²) in [7, 11) is 0. The van der Waals surface area contributed by atoms with Crippen LogP contribution in [0.5, 0.6) is 0 Å². The van der Waals surface area contributed by atoms with Crippen LogP contribution in [-0.4, -0.2) is 11.1 Å². The van der Waals surface area contributed by atoms with Crippen LogP contribution in [0.4, 0.5) is 0 Å². The molecular formula is C16H22N2. The van der Waals surface area contributed by atoms with Gasteiger partial charge in [-0.1, -0.05) is 12.1 Å². The van der Waals surface area contributed by atoms with Crippen molar-refractivity contribution in [1.29, 1.82) is 0 Å². The molecule has 0 bridgehead atoms. The molecule has 0 aliphatic rings. The molecule has 0 saturated heterocycles. The van der Waals surface area contributed by atoms with Gasteiger partial charge in [0.15, 0.2) is 0 Å². The molecule has 0 atom stereocenters. The molecule has 0 amide bonds. The van der Waals surface area contributed by atoms with Gasteiger partial charge < -0.3 is 10.3 Å². The average molecular weight is 242 g/mol. The van der Waals surface area contributed by atoms with Crippen LogP contribution in [0.25, 0.3) is 5.69 Å². The fourth-order valence-corrected chi connectivity index (χ4v) is 2.57. The lowest BCUT2D eigenvalue weighted by Crippen LogP contribution is -2.05. The van der Waals surface area contributed by atoms with Gasteiger partial charge in [0, 0.05) is 17.1 Å². The van der Waals surface area contributed by atoms with Crippen LogP contribution in [0, 0.1) is 27.7 Å². The van der Waals surface area contributed by atoms with Crippen molar-refractivity contribution in [1.82, 2.24) is 4.57 Å². The number of nitrogens with zero attached hydrogens (tertiary/aromatic N) is 1. The zero-order valence-electron chi connectivity index (χ0n) is 11.7. The maximum absolute atomic E-state index is 5.67. The zero-order chi connectivity index (χ0) is 13.3. The molecule has 2 N–H and O–H groups in total. The second kappa shape index (κ2) is 4.99. The summed E-state index contributed by atoms with van der Waals surface area (Å²) < 4.78 is 2.34. The Bertz CT molecular complexity index is 565. The monoisotopic (exact) mass is 242 g/mol. The van der Waals surface area contributed by atoms with Gasteiger partial charge in [-0.05, 0) is 69.5 Å². The minimum Gasteiger partial charge on any atom is -0.330 e. The van der Waals surface area contributed by atoms with E-state index in [4.69, 9.17) is 5.73 Å². The highest BCUT2D eigenvalue weighted by Gasteiger charge is 2.11. The summed E-state index contributed by atoms with van der Waals surface area (Å²) in [5.74, 6) is 0. The van der Waals surface area contributed by atoms with Crippen LogP contribution >= 0.6 is 0 Å². The summed E-state index contributed by atoms with van der Waals surface area (Å²) in [5.41, 5.74) is 13.5. The molecule has 2 heteroatoms. The molecule has 2 rings (SSSR count). The first kappa shape index (κ1) is 12.9. The minimum absolute atomic E-state index is 0.705. The van der Waals surface area contributed by atoms with E-state index in [-0.39, 0.29) is 0 Å². The van der Waals surface area contributed by atoms with Crippen molar-refractivity contribution in [2.75, 3.05) is 6.54 Å². The number of rotatable bonds is 3. The molecule has 0 saturated carbocycles. The molecule has 2 nitrogen and oxygen atoms in total. The van der Waals surface area contributed by atoms with Crippen LogP contribution in [0.3, 0.4) is 0 Å². The highest BCUT2D eigenvalue weighted by molar-refractivity contribution is 5.48. The Kier molecular flexibility index (Phi) is 3.58. The largest absolute Gasteiger partial charge is 0.330 e. The van der Waals surface area contributed by atoms with Crippen LogP contribution < -0.4 is 5.73 Å². The summed E-state index contributed by atoms with van der Waals surface area (Å²) in [6.45, 7) is 9.35. The van der Waals surface area contributed by atoms with Gasteiger partial charge in [0.25, 0.3) is 0 Å². The van der Waals surface area contributed by atoms with E-state index >= 15 is 0 Å². The third kappa shape index (κ3) is 2.21. The number of aryl methyl sites for hydroxylation is 3. The molecule has 1 aromatic carbocycles. The van der Waals surface area contributed by atoms with Crippen molar-refractivity contribution in [3.05, 3.63) is 52.3 Å². The SMILES string of the molecule is Cc1ccc(C)c(-n2c(C)cc(CCN)c2C)c1. The molecule has 18 heavy (non-hydrogen) atoms. The molecule has 0 radical (unpaired) electrons. The lowest BCUT2D eigenvalue weighted by molar-refractivity contribution is 0.915. The van der Waals surface area contributed by atoms with E-state index in [2.05, 4.69) is 56.5 Å². The van der Waals surface area contributed by atoms with Crippen molar-refractivity contribution in [2.45, 2.75) is 34.1 Å². The third-order valence-corrected chi connectivity index (χ3v) is 3.56.